The first kappa shape index (κ1) is 15.8. The van der Waals surface area contributed by atoms with Crippen LogP contribution in [0.2, 0.25) is 0 Å². The summed E-state index contributed by atoms with van der Waals surface area (Å²) in [4.78, 5) is 0. The van der Waals surface area contributed by atoms with Gasteiger partial charge >= 0.3 is 0 Å². The molecule has 0 heterocycles. The molecular weight excluding hydrogens is 293 g/mol. The molecule has 0 N–H and O–H groups in total. The normalized spacial score (nSPS) is 11.9. The van der Waals surface area contributed by atoms with Gasteiger partial charge in [-0.05, 0) is 49.1 Å². The maximum Gasteiger partial charge on any atom is 0.194 e. The molecule has 0 aliphatic heterocycles. The van der Waals surface area contributed by atoms with Crippen molar-refractivity contribution in [2.45, 2.75) is 25.9 Å². The molecule has 0 fully saturated rings. The third-order valence-electron chi connectivity index (χ3n) is 3.45. The van der Waals surface area contributed by atoms with E-state index in [1.165, 1.54) is 0 Å². The minimum atomic E-state index is -1.44. The number of rotatable bonds is 4. The minimum absolute atomic E-state index is 0.220. The van der Waals surface area contributed by atoms with Crippen molar-refractivity contribution in [3.05, 3.63) is 59.4 Å². The zero-order chi connectivity index (χ0) is 15.6. The SMILES string of the molecule is CC(C)(Cc1ccc(-c2cc(F)c(F)c(F)c2)cc1)O[SiH3]. The van der Waals surface area contributed by atoms with E-state index in [2.05, 4.69) is 0 Å². The lowest BCUT2D eigenvalue weighted by atomic mass is 9.96. The Hall–Kier alpha value is -1.59. The van der Waals surface area contributed by atoms with Crippen LogP contribution in [0.15, 0.2) is 36.4 Å². The summed E-state index contributed by atoms with van der Waals surface area (Å²) in [7, 11) is 0.664. The van der Waals surface area contributed by atoms with Crippen molar-refractivity contribution in [2.75, 3.05) is 0 Å². The van der Waals surface area contributed by atoms with Gasteiger partial charge < -0.3 is 4.43 Å². The van der Waals surface area contributed by atoms with Crippen molar-refractivity contribution in [3.8, 4) is 11.1 Å². The summed E-state index contributed by atoms with van der Waals surface area (Å²) >= 11 is 0. The van der Waals surface area contributed by atoms with Gasteiger partial charge in [0.2, 0.25) is 0 Å². The first-order chi connectivity index (χ1) is 9.82. The van der Waals surface area contributed by atoms with Crippen LogP contribution in [0.3, 0.4) is 0 Å². The Labute approximate surface area is 125 Å². The highest BCUT2D eigenvalue weighted by Gasteiger charge is 2.16. The van der Waals surface area contributed by atoms with Gasteiger partial charge in [0.15, 0.2) is 17.5 Å². The largest absolute Gasteiger partial charge is 0.423 e. The Morgan fingerprint density at radius 1 is 0.952 bits per heavy atom. The highest BCUT2D eigenvalue weighted by molar-refractivity contribution is 5.98. The fraction of sp³-hybridized carbons (Fsp3) is 0.250. The van der Waals surface area contributed by atoms with Crippen molar-refractivity contribution in [3.63, 3.8) is 0 Å². The van der Waals surface area contributed by atoms with Crippen LogP contribution in [0.4, 0.5) is 13.2 Å². The van der Waals surface area contributed by atoms with E-state index in [4.69, 9.17) is 4.43 Å². The van der Waals surface area contributed by atoms with E-state index < -0.39 is 17.5 Å². The van der Waals surface area contributed by atoms with Crippen LogP contribution in [0, 0.1) is 17.5 Å². The van der Waals surface area contributed by atoms with Gasteiger partial charge in [-0.2, -0.15) is 0 Å². The minimum Gasteiger partial charge on any atom is -0.423 e. The molecule has 0 saturated heterocycles. The van der Waals surface area contributed by atoms with E-state index in [1.807, 2.05) is 26.0 Å². The van der Waals surface area contributed by atoms with Crippen LogP contribution in [-0.2, 0) is 10.8 Å². The predicted molar refractivity (Wildman–Crippen MR) is 80.6 cm³/mol. The van der Waals surface area contributed by atoms with Crippen molar-refractivity contribution in [1.82, 2.24) is 0 Å². The average molecular weight is 310 g/mol. The second-order valence-electron chi connectivity index (χ2n) is 5.59. The first-order valence-electron chi connectivity index (χ1n) is 6.61. The summed E-state index contributed by atoms with van der Waals surface area (Å²) in [5.74, 6) is -3.81. The average Bonchev–Trinajstić information content (AvgIpc) is 2.44. The van der Waals surface area contributed by atoms with E-state index in [1.54, 1.807) is 12.1 Å². The third-order valence-corrected chi connectivity index (χ3v) is 4.56. The lowest BCUT2D eigenvalue weighted by molar-refractivity contribution is 0.124. The molecule has 0 atom stereocenters. The van der Waals surface area contributed by atoms with Gasteiger partial charge in [-0.3, -0.25) is 0 Å². The third kappa shape index (κ3) is 3.74. The standard InChI is InChI=1S/C16H17F3OSi/c1-16(2,20-21)9-10-3-5-11(6-4-10)12-7-13(17)15(19)14(18)8-12/h3-8H,9H2,1-2,21H3. The van der Waals surface area contributed by atoms with E-state index in [0.717, 1.165) is 24.1 Å². The van der Waals surface area contributed by atoms with Crippen LogP contribution in [0.1, 0.15) is 19.4 Å². The summed E-state index contributed by atoms with van der Waals surface area (Å²) in [6, 6.07) is 9.30. The molecule has 2 aromatic carbocycles. The fourth-order valence-corrected chi connectivity index (χ4v) is 2.25. The van der Waals surface area contributed by atoms with Crippen LogP contribution < -0.4 is 0 Å². The molecule has 21 heavy (non-hydrogen) atoms. The van der Waals surface area contributed by atoms with Gasteiger partial charge in [-0.25, -0.2) is 13.2 Å². The first-order valence-corrected chi connectivity index (χ1v) is 7.43. The molecule has 2 rings (SSSR count). The maximum atomic E-state index is 13.2. The van der Waals surface area contributed by atoms with Crippen LogP contribution >= 0.6 is 0 Å². The topological polar surface area (TPSA) is 9.23 Å². The van der Waals surface area contributed by atoms with Crippen molar-refractivity contribution >= 4 is 10.5 Å². The number of hydrogen-bond acceptors (Lipinski definition) is 1. The van der Waals surface area contributed by atoms with E-state index in [9.17, 15) is 13.2 Å². The molecule has 5 heteroatoms. The molecule has 0 bridgehead atoms. The molecule has 0 radical (unpaired) electrons. The summed E-state index contributed by atoms with van der Waals surface area (Å²) in [6.07, 6.45) is 0.753. The molecule has 0 saturated carbocycles. The summed E-state index contributed by atoms with van der Waals surface area (Å²) in [5, 5.41) is 0. The molecule has 0 unspecified atom stereocenters. The Balaban J connectivity index is 2.27. The highest BCUT2D eigenvalue weighted by Crippen LogP contribution is 2.25. The second kappa shape index (κ2) is 6.03. The van der Waals surface area contributed by atoms with Crippen molar-refractivity contribution < 1.29 is 17.6 Å². The fourth-order valence-electron chi connectivity index (χ4n) is 2.10. The summed E-state index contributed by atoms with van der Waals surface area (Å²) in [6.45, 7) is 4.03. The van der Waals surface area contributed by atoms with E-state index >= 15 is 0 Å². The Morgan fingerprint density at radius 2 is 1.48 bits per heavy atom. The molecule has 0 amide bonds. The quantitative estimate of drug-likeness (QED) is 0.621. The monoisotopic (exact) mass is 310 g/mol. The van der Waals surface area contributed by atoms with Gasteiger partial charge in [0.1, 0.15) is 10.5 Å². The van der Waals surface area contributed by atoms with Crippen LogP contribution in [0.25, 0.3) is 11.1 Å². The molecule has 0 spiro atoms. The number of halogens is 3. The molecule has 0 aliphatic rings. The summed E-state index contributed by atoms with van der Waals surface area (Å²) in [5.41, 5.74) is 1.81. The van der Waals surface area contributed by atoms with E-state index in [0.29, 0.717) is 21.6 Å². The van der Waals surface area contributed by atoms with Crippen molar-refractivity contribution in [1.29, 1.82) is 0 Å². The van der Waals surface area contributed by atoms with Crippen LogP contribution in [-0.4, -0.2) is 16.1 Å². The molecule has 0 aromatic heterocycles. The molecule has 1 nitrogen and oxygen atoms in total. The number of benzene rings is 2. The van der Waals surface area contributed by atoms with Gasteiger partial charge in [0.05, 0.1) is 5.60 Å². The molecule has 0 aliphatic carbocycles. The van der Waals surface area contributed by atoms with Gasteiger partial charge in [0.25, 0.3) is 0 Å². The second-order valence-corrected chi connectivity index (χ2v) is 6.00. The Morgan fingerprint density at radius 3 is 1.95 bits per heavy atom. The Kier molecular flexibility index (Phi) is 4.54. The highest BCUT2D eigenvalue weighted by atomic mass is 28.2. The van der Waals surface area contributed by atoms with Crippen LogP contribution in [0.5, 0.6) is 0 Å². The lowest BCUT2D eigenvalue weighted by Gasteiger charge is -2.23. The lowest BCUT2D eigenvalue weighted by Crippen LogP contribution is -2.26. The molecule has 112 valence electrons. The zero-order valence-corrected chi connectivity index (χ0v) is 14.2. The molecular formula is C16H17F3OSi. The Bertz CT molecular complexity index is 615. The van der Waals surface area contributed by atoms with E-state index in [-0.39, 0.29) is 5.60 Å². The zero-order valence-electron chi connectivity index (χ0n) is 12.2. The summed E-state index contributed by atoms with van der Waals surface area (Å²) < 4.78 is 44.9. The van der Waals surface area contributed by atoms with Crippen molar-refractivity contribution in [2.24, 2.45) is 0 Å². The van der Waals surface area contributed by atoms with Gasteiger partial charge in [0, 0.05) is 0 Å². The smallest absolute Gasteiger partial charge is 0.194 e. The predicted octanol–water partition coefficient (Wildman–Crippen LogP) is 3.39. The maximum absolute atomic E-state index is 13.2. The van der Waals surface area contributed by atoms with Gasteiger partial charge in [-0.15, -0.1) is 0 Å². The number of hydrogen-bond donors (Lipinski definition) is 0. The molecule has 2 aromatic rings. The van der Waals surface area contributed by atoms with Gasteiger partial charge in [-0.1, -0.05) is 24.3 Å².